The first-order valence-corrected chi connectivity index (χ1v) is 11.7. The second-order valence-electron chi connectivity index (χ2n) is 8.30. The normalized spacial score (nSPS) is 14.2. The zero-order valence-electron chi connectivity index (χ0n) is 19.5. The molecule has 1 saturated heterocycles. The summed E-state index contributed by atoms with van der Waals surface area (Å²) >= 11 is 0. The van der Waals surface area contributed by atoms with E-state index in [1.54, 1.807) is 6.20 Å². The van der Waals surface area contributed by atoms with Crippen molar-refractivity contribution in [2.45, 2.75) is 31.7 Å². The standard InChI is InChI=1S/C26H33N5O3/c1-2-24(32)28-14-7-6-12-23(29-25(33)19-21-9-4-3-5-10-21)26(34)31-17-15-30(16-18-31)22-11-8-13-27-20-22/h2-5,8-11,13,20,23H,1,6-7,12,14-19H2,(H,28,32)(H,29,33)/t23-/m0/s1. The zero-order valence-corrected chi connectivity index (χ0v) is 19.5. The summed E-state index contributed by atoms with van der Waals surface area (Å²) < 4.78 is 0. The van der Waals surface area contributed by atoms with Gasteiger partial charge in [-0.3, -0.25) is 19.4 Å². The van der Waals surface area contributed by atoms with E-state index in [-0.39, 0.29) is 24.1 Å². The van der Waals surface area contributed by atoms with Crippen molar-refractivity contribution in [2.75, 3.05) is 37.6 Å². The number of carbonyl (C=O) groups excluding carboxylic acids is 3. The second-order valence-corrected chi connectivity index (χ2v) is 8.30. The fourth-order valence-corrected chi connectivity index (χ4v) is 3.99. The lowest BCUT2D eigenvalue weighted by Gasteiger charge is -2.37. The molecule has 2 aromatic rings. The van der Waals surface area contributed by atoms with Gasteiger partial charge in [0.2, 0.25) is 17.7 Å². The van der Waals surface area contributed by atoms with Crippen LogP contribution < -0.4 is 15.5 Å². The molecule has 3 rings (SSSR count). The average molecular weight is 464 g/mol. The number of anilines is 1. The molecule has 1 aliphatic heterocycles. The smallest absolute Gasteiger partial charge is 0.245 e. The Labute approximate surface area is 201 Å². The fourth-order valence-electron chi connectivity index (χ4n) is 3.99. The van der Waals surface area contributed by atoms with Gasteiger partial charge in [0.05, 0.1) is 18.3 Å². The molecule has 1 aliphatic rings. The SMILES string of the molecule is C=CC(=O)NCCCC[C@H](NC(=O)Cc1ccccc1)C(=O)N1CCN(c2cccnc2)CC1. The van der Waals surface area contributed by atoms with Crippen molar-refractivity contribution >= 4 is 23.4 Å². The number of pyridine rings is 1. The Morgan fingerprint density at radius 1 is 1.03 bits per heavy atom. The maximum atomic E-state index is 13.3. The summed E-state index contributed by atoms with van der Waals surface area (Å²) in [4.78, 5) is 45.6. The molecular weight excluding hydrogens is 430 g/mol. The topological polar surface area (TPSA) is 94.6 Å². The van der Waals surface area contributed by atoms with Crippen LogP contribution in [-0.2, 0) is 20.8 Å². The number of carbonyl (C=O) groups is 3. The number of aromatic nitrogens is 1. The molecule has 8 nitrogen and oxygen atoms in total. The van der Waals surface area contributed by atoms with E-state index in [1.807, 2.05) is 53.6 Å². The summed E-state index contributed by atoms with van der Waals surface area (Å²) in [6.45, 7) is 6.56. The van der Waals surface area contributed by atoms with Gasteiger partial charge in [-0.05, 0) is 43.0 Å². The van der Waals surface area contributed by atoms with Gasteiger partial charge in [-0.1, -0.05) is 36.9 Å². The molecule has 0 aliphatic carbocycles. The van der Waals surface area contributed by atoms with Crippen LogP contribution in [0.5, 0.6) is 0 Å². The number of hydrogen-bond acceptors (Lipinski definition) is 5. The Bertz CT molecular complexity index is 943. The van der Waals surface area contributed by atoms with Crippen LogP contribution in [0.15, 0.2) is 67.5 Å². The Balaban J connectivity index is 1.56. The van der Waals surface area contributed by atoms with E-state index in [4.69, 9.17) is 0 Å². The maximum Gasteiger partial charge on any atom is 0.245 e. The van der Waals surface area contributed by atoms with Crippen LogP contribution in [0.25, 0.3) is 0 Å². The van der Waals surface area contributed by atoms with E-state index < -0.39 is 6.04 Å². The van der Waals surface area contributed by atoms with E-state index in [0.717, 1.165) is 24.3 Å². The van der Waals surface area contributed by atoms with Crippen LogP contribution >= 0.6 is 0 Å². The highest BCUT2D eigenvalue weighted by Gasteiger charge is 2.28. The molecule has 2 N–H and O–H groups in total. The monoisotopic (exact) mass is 463 g/mol. The van der Waals surface area contributed by atoms with Crippen LogP contribution in [0.3, 0.4) is 0 Å². The van der Waals surface area contributed by atoms with Crippen molar-refractivity contribution in [1.29, 1.82) is 0 Å². The highest BCUT2D eigenvalue weighted by Crippen LogP contribution is 2.16. The predicted molar refractivity (Wildman–Crippen MR) is 132 cm³/mol. The number of rotatable bonds is 11. The molecule has 1 atom stereocenters. The summed E-state index contributed by atoms with van der Waals surface area (Å²) in [7, 11) is 0. The van der Waals surface area contributed by atoms with Crippen molar-refractivity contribution in [1.82, 2.24) is 20.5 Å². The number of amides is 3. The number of unbranched alkanes of at least 4 members (excludes halogenated alkanes) is 1. The van der Waals surface area contributed by atoms with E-state index in [9.17, 15) is 14.4 Å². The van der Waals surface area contributed by atoms with Crippen molar-refractivity contribution in [2.24, 2.45) is 0 Å². The van der Waals surface area contributed by atoms with Gasteiger partial charge in [-0.2, -0.15) is 0 Å². The van der Waals surface area contributed by atoms with Crippen LogP contribution in [-0.4, -0.2) is 66.4 Å². The lowest BCUT2D eigenvalue weighted by molar-refractivity contribution is -0.136. The molecule has 1 fully saturated rings. The second kappa shape index (κ2) is 13.1. The van der Waals surface area contributed by atoms with E-state index >= 15 is 0 Å². The summed E-state index contributed by atoms with van der Waals surface area (Å²) in [5.41, 5.74) is 1.95. The molecule has 8 heteroatoms. The molecule has 0 spiro atoms. The highest BCUT2D eigenvalue weighted by atomic mass is 16.2. The minimum atomic E-state index is -0.587. The van der Waals surface area contributed by atoms with Gasteiger partial charge in [0.15, 0.2) is 0 Å². The molecule has 0 radical (unpaired) electrons. The van der Waals surface area contributed by atoms with Gasteiger partial charge < -0.3 is 20.4 Å². The Kier molecular flexibility index (Phi) is 9.64. The molecule has 180 valence electrons. The van der Waals surface area contributed by atoms with Crippen LogP contribution in [0, 0.1) is 0 Å². The zero-order chi connectivity index (χ0) is 24.2. The Hall–Kier alpha value is -3.68. The third kappa shape index (κ3) is 7.72. The van der Waals surface area contributed by atoms with Crippen molar-refractivity contribution in [3.63, 3.8) is 0 Å². The number of nitrogens with one attached hydrogen (secondary N) is 2. The number of nitrogens with zero attached hydrogens (tertiary/aromatic N) is 3. The number of piperazine rings is 1. The summed E-state index contributed by atoms with van der Waals surface area (Å²) in [5.74, 6) is -0.434. The molecular formula is C26H33N5O3. The number of benzene rings is 1. The summed E-state index contributed by atoms with van der Waals surface area (Å²) in [6.07, 6.45) is 6.98. The third-order valence-corrected chi connectivity index (χ3v) is 5.85. The predicted octanol–water partition coefficient (Wildman–Crippen LogP) is 1.93. The minimum absolute atomic E-state index is 0.0534. The molecule has 0 bridgehead atoms. The van der Waals surface area contributed by atoms with Gasteiger partial charge in [-0.15, -0.1) is 0 Å². The Morgan fingerprint density at radius 2 is 1.79 bits per heavy atom. The van der Waals surface area contributed by atoms with E-state index in [1.165, 1.54) is 6.08 Å². The van der Waals surface area contributed by atoms with E-state index in [0.29, 0.717) is 38.9 Å². The van der Waals surface area contributed by atoms with Gasteiger partial charge >= 0.3 is 0 Å². The van der Waals surface area contributed by atoms with Crippen LogP contribution in [0.4, 0.5) is 5.69 Å². The van der Waals surface area contributed by atoms with Crippen molar-refractivity contribution in [3.8, 4) is 0 Å². The fraction of sp³-hybridized carbons (Fsp3) is 0.385. The first-order chi connectivity index (χ1) is 16.6. The molecule has 0 saturated carbocycles. The van der Waals surface area contributed by atoms with Gasteiger partial charge in [0.1, 0.15) is 6.04 Å². The van der Waals surface area contributed by atoms with Crippen LogP contribution in [0.2, 0.25) is 0 Å². The minimum Gasteiger partial charge on any atom is -0.367 e. The average Bonchev–Trinajstić information content (AvgIpc) is 2.88. The Morgan fingerprint density at radius 3 is 2.47 bits per heavy atom. The molecule has 34 heavy (non-hydrogen) atoms. The van der Waals surface area contributed by atoms with Crippen molar-refractivity contribution in [3.05, 3.63) is 73.1 Å². The molecule has 1 aromatic heterocycles. The molecule has 3 amide bonds. The number of hydrogen-bond donors (Lipinski definition) is 2. The van der Waals surface area contributed by atoms with E-state index in [2.05, 4.69) is 27.1 Å². The van der Waals surface area contributed by atoms with Gasteiger partial charge in [-0.25, -0.2) is 0 Å². The summed E-state index contributed by atoms with van der Waals surface area (Å²) in [6, 6.07) is 12.8. The first kappa shape index (κ1) is 25.0. The lowest BCUT2D eigenvalue weighted by atomic mass is 10.1. The summed E-state index contributed by atoms with van der Waals surface area (Å²) in [5, 5.41) is 5.70. The van der Waals surface area contributed by atoms with Crippen molar-refractivity contribution < 1.29 is 14.4 Å². The highest BCUT2D eigenvalue weighted by molar-refractivity contribution is 5.88. The van der Waals surface area contributed by atoms with Crippen LogP contribution in [0.1, 0.15) is 24.8 Å². The molecule has 1 aromatic carbocycles. The lowest BCUT2D eigenvalue weighted by Crippen LogP contribution is -2.55. The quantitative estimate of drug-likeness (QED) is 0.392. The maximum absolute atomic E-state index is 13.3. The molecule has 0 unspecified atom stereocenters. The third-order valence-electron chi connectivity index (χ3n) is 5.85. The first-order valence-electron chi connectivity index (χ1n) is 11.7. The van der Waals surface area contributed by atoms with Gasteiger partial charge in [0, 0.05) is 38.9 Å². The van der Waals surface area contributed by atoms with Gasteiger partial charge in [0.25, 0.3) is 0 Å². The molecule has 2 heterocycles. The largest absolute Gasteiger partial charge is 0.367 e.